The van der Waals surface area contributed by atoms with E-state index in [-0.39, 0.29) is 18.3 Å². The molecule has 0 aliphatic carbocycles. The van der Waals surface area contributed by atoms with Gasteiger partial charge in [0.25, 0.3) is 5.91 Å². The molecule has 4 heteroatoms. The van der Waals surface area contributed by atoms with Crippen LogP contribution >= 0.6 is 12.4 Å². The van der Waals surface area contributed by atoms with E-state index in [2.05, 4.69) is 5.32 Å². The van der Waals surface area contributed by atoms with Gasteiger partial charge in [-0.05, 0) is 32.5 Å². The zero-order valence-corrected chi connectivity index (χ0v) is 11.1. The van der Waals surface area contributed by atoms with Crippen molar-refractivity contribution in [1.82, 2.24) is 10.2 Å². The highest BCUT2D eigenvalue weighted by molar-refractivity contribution is 5.94. The van der Waals surface area contributed by atoms with Gasteiger partial charge in [0.05, 0.1) is 0 Å². The summed E-state index contributed by atoms with van der Waals surface area (Å²) >= 11 is 0. The van der Waals surface area contributed by atoms with Gasteiger partial charge in [0.2, 0.25) is 0 Å². The first kappa shape index (κ1) is 14.0. The number of nitrogens with zero attached hydrogens (tertiary/aromatic N) is 1. The fraction of sp³-hybridized carbons (Fsp3) is 0.462. The smallest absolute Gasteiger partial charge is 0.253 e. The zero-order chi connectivity index (χ0) is 11.5. The minimum atomic E-state index is 0. The lowest BCUT2D eigenvalue weighted by molar-refractivity contribution is 0.0789. The molecule has 1 N–H and O–H groups in total. The Morgan fingerprint density at radius 3 is 2.82 bits per heavy atom. The number of benzene rings is 1. The number of hydrogen-bond acceptors (Lipinski definition) is 2. The summed E-state index contributed by atoms with van der Waals surface area (Å²) < 4.78 is 0. The van der Waals surface area contributed by atoms with Crippen molar-refractivity contribution >= 4 is 18.3 Å². The van der Waals surface area contributed by atoms with Crippen molar-refractivity contribution in [2.45, 2.75) is 19.4 Å². The number of aryl methyl sites for hydroxylation is 1. The third kappa shape index (κ3) is 3.20. The third-order valence-corrected chi connectivity index (χ3v) is 3.15. The molecule has 1 fully saturated rings. The van der Waals surface area contributed by atoms with Crippen LogP contribution in [0.4, 0.5) is 0 Å². The molecule has 1 unspecified atom stereocenters. The highest BCUT2D eigenvalue weighted by Crippen LogP contribution is 2.14. The Bertz CT molecular complexity index is 395. The highest BCUT2D eigenvalue weighted by Gasteiger charge is 2.25. The standard InChI is InChI=1S/C13H18N2O.ClH/c1-10-4-3-5-11(8-10)13(16)15-7-6-12(9-15)14-2;/h3-5,8,12,14H,6-7,9H2,1-2H3;1H. The topological polar surface area (TPSA) is 32.3 Å². The van der Waals surface area contributed by atoms with Gasteiger partial charge in [-0.2, -0.15) is 0 Å². The maximum absolute atomic E-state index is 12.2. The number of hydrogen-bond donors (Lipinski definition) is 1. The Morgan fingerprint density at radius 1 is 1.47 bits per heavy atom. The van der Waals surface area contributed by atoms with Crippen LogP contribution in [0.15, 0.2) is 24.3 Å². The molecule has 1 amide bonds. The van der Waals surface area contributed by atoms with E-state index < -0.39 is 0 Å². The SMILES string of the molecule is CNC1CCN(C(=O)c2cccc(C)c2)C1.Cl. The second kappa shape index (κ2) is 6.03. The second-order valence-corrected chi connectivity index (χ2v) is 4.39. The molecule has 0 bridgehead atoms. The summed E-state index contributed by atoms with van der Waals surface area (Å²) in [5, 5.41) is 3.22. The van der Waals surface area contributed by atoms with Crippen LogP contribution in [0.25, 0.3) is 0 Å². The zero-order valence-electron chi connectivity index (χ0n) is 10.3. The lowest BCUT2D eigenvalue weighted by atomic mass is 10.1. The fourth-order valence-electron chi connectivity index (χ4n) is 2.14. The summed E-state index contributed by atoms with van der Waals surface area (Å²) in [5.74, 6) is 0.154. The highest BCUT2D eigenvalue weighted by atomic mass is 35.5. The average Bonchev–Trinajstić information content (AvgIpc) is 2.76. The van der Waals surface area contributed by atoms with Crippen LogP contribution in [0, 0.1) is 6.92 Å². The number of likely N-dealkylation sites (N-methyl/N-ethyl adjacent to an activating group) is 1. The van der Waals surface area contributed by atoms with Crippen LogP contribution in [0.1, 0.15) is 22.3 Å². The van der Waals surface area contributed by atoms with Crippen molar-refractivity contribution in [2.24, 2.45) is 0 Å². The molecule has 3 nitrogen and oxygen atoms in total. The molecule has 17 heavy (non-hydrogen) atoms. The van der Waals surface area contributed by atoms with Gasteiger partial charge in [0.15, 0.2) is 0 Å². The molecule has 1 saturated heterocycles. The molecule has 0 aromatic heterocycles. The van der Waals surface area contributed by atoms with E-state index in [0.29, 0.717) is 6.04 Å². The monoisotopic (exact) mass is 254 g/mol. The first-order chi connectivity index (χ1) is 7.70. The summed E-state index contributed by atoms with van der Waals surface area (Å²) in [5.41, 5.74) is 1.94. The number of likely N-dealkylation sites (tertiary alicyclic amines) is 1. The molecule has 1 aliphatic heterocycles. The van der Waals surface area contributed by atoms with Crippen molar-refractivity contribution in [1.29, 1.82) is 0 Å². The number of amides is 1. The average molecular weight is 255 g/mol. The molecular formula is C13H19ClN2O. The van der Waals surface area contributed by atoms with Crippen LogP contribution < -0.4 is 5.32 Å². The Kier molecular flexibility index (Phi) is 4.97. The van der Waals surface area contributed by atoms with Crippen LogP contribution in [0.5, 0.6) is 0 Å². The quantitative estimate of drug-likeness (QED) is 0.874. The van der Waals surface area contributed by atoms with Gasteiger partial charge in [-0.1, -0.05) is 17.7 Å². The summed E-state index contributed by atoms with van der Waals surface area (Å²) in [6, 6.07) is 8.25. The van der Waals surface area contributed by atoms with Crippen molar-refractivity contribution in [2.75, 3.05) is 20.1 Å². The van der Waals surface area contributed by atoms with Crippen LogP contribution in [-0.2, 0) is 0 Å². The third-order valence-electron chi connectivity index (χ3n) is 3.15. The van der Waals surface area contributed by atoms with Gasteiger partial charge in [0.1, 0.15) is 0 Å². The van der Waals surface area contributed by atoms with E-state index in [1.807, 2.05) is 43.1 Å². The fourth-order valence-corrected chi connectivity index (χ4v) is 2.14. The molecule has 0 radical (unpaired) electrons. The predicted octanol–water partition coefficient (Wildman–Crippen LogP) is 1.85. The minimum Gasteiger partial charge on any atom is -0.337 e. The number of nitrogens with one attached hydrogen (secondary N) is 1. The summed E-state index contributed by atoms with van der Waals surface area (Å²) in [4.78, 5) is 14.1. The van der Waals surface area contributed by atoms with E-state index in [1.165, 1.54) is 0 Å². The van der Waals surface area contributed by atoms with Gasteiger partial charge in [-0.15, -0.1) is 12.4 Å². The van der Waals surface area contributed by atoms with Crippen LogP contribution in [0.2, 0.25) is 0 Å². The Morgan fingerprint density at radius 2 is 2.24 bits per heavy atom. The number of halogens is 1. The van der Waals surface area contributed by atoms with E-state index >= 15 is 0 Å². The molecular weight excluding hydrogens is 236 g/mol. The maximum atomic E-state index is 12.2. The molecule has 1 aromatic rings. The molecule has 0 spiro atoms. The van der Waals surface area contributed by atoms with Gasteiger partial charge in [-0.3, -0.25) is 4.79 Å². The number of carbonyl (C=O) groups is 1. The van der Waals surface area contributed by atoms with Crippen LogP contribution in [-0.4, -0.2) is 37.0 Å². The van der Waals surface area contributed by atoms with E-state index in [1.54, 1.807) is 0 Å². The molecule has 1 aromatic carbocycles. The van der Waals surface area contributed by atoms with Crippen molar-refractivity contribution in [3.8, 4) is 0 Å². The van der Waals surface area contributed by atoms with E-state index in [9.17, 15) is 4.79 Å². The van der Waals surface area contributed by atoms with E-state index in [0.717, 1.165) is 30.6 Å². The summed E-state index contributed by atoms with van der Waals surface area (Å²) in [6.45, 7) is 3.69. The van der Waals surface area contributed by atoms with Gasteiger partial charge < -0.3 is 10.2 Å². The molecule has 1 heterocycles. The molecule has 94 valence electrons. The Hall–Kier alpha value is -1.06. The number of rotatable bonds is 2. The predicted molar refractivity (Wildman–Crippen MR) is 71.8 cm³/mol. The van der Waals surface area contributed by atoms with Gasteiger partial charge in [0, 0.05) is 24.7 Å². The summed E-state index contributed by atoms with van der Waals surface area (Å²) in [7, 11) is 1.95. The summed E-state index contributed by atoms with van der Waals surface area (Å²) in [6.07, 6.45) is 1.05. The first-order valence-electron chi connectivity index (χ1n) is 5.74. The molecule has 0 saturated carbocycles. The van der Waals surface area contributed by atoms with Crippen molar-refractivity contribution in [3.05, 3.63) is 35.4 Å². The van der Waals surface area contributed by atoms with E-state index in [4.69, 9.17) is 0 Å². The normalized spacial score (nSPS) is 18.9. The number of carbonyl (C=O) groups excluding carboxylic acids is 1. The molecule has 2 rings (SSSR count). The minimum absolute atomic E-state index is 0. The first-order valence-corrected chi connectivity index (χ1v) is 5.74. The van der Waals surface area contributed by atoms with Crippen LogP contribution in [0.3, 0.4) is 0 Å². The van der Waals surface area contributed by atoms with Crippen molar-refractivity contribution in [3.63, 3.8) is 0 Å². The van der Waals surface area contributed by atoms with Gasteiger partial charge in [-0.25, -0.2) is 0 Å². The Labute approximate surface area is 109 Å². The van der Waals surface area contributed by atoms with Gasteiger partial charge >= 0.3 is 0 Å². The molecule has 1 atom stereocenters. The van der Waals surface area contributed by atoms with Crippen molar-refractivity contribution < 1.29 is 4.79 Å². The molecule has 1 aliphatic rings. The largest absolute Gasteiger partial charge is 0.337 e. The second-order valence-electron chi connectivity index (χ2n) is 4.39. The maximum Gasteiger partial charge on any atom is 0.253 e. The Balaban J connectivity index is 0.00000144. The lowest BCUT2D eigenvalue weighted by Crippen LogP contribution is -2.33. The lowest BCUT2D eigenvalue weighted by Gasteiger charge is -2.16.